The molecule has 1 unspecified atom stereocenters. The van der Waals surface area contributed by atoms with Crippen molar-refractivity contribution in [3.63, 3.8) is 0 Å². The lowest BCUT2D eigenvalue weighted by Crippen LogP contribution is -2.34. The Morgan fingerprint density at radius 1 is 1.11 bits per heavy atom. The number of rotatable bonds is 5. The van der Waals surface area contributed by atoms with Gasteiger partial charge in [0.25, 0.3) is 0 Å². The molecule has 0 aliphatic carbocycles. The number of likely N-dealkylation sites (tertiary alicyclic amines) is 1. The molecule has 1 aliphatic rings. The molecule has 180 valence electrons. The van der Waals surface area contributed by atoms with Crippen LogP contribution in [0.2, 0.25) is 0 Å². The Morgan fingerprint density at radius 2 is 1.91 bits per heavy atom. The first-order valence-corrected chi connectivity index (χ1v) is 11.7. The molecule has 0 spiro atoms. The highest BCUT2D eigenvalue weighted by atomic mass is 16.3. The molecular formula is C27H30N6O2. The highest BCUT2D eigenvalue weighted by Crippen LogP contribution is 2.26. The van der Waals surface area contributed by atoms with Crippen molar-refractivity contribution in [2.75, 3.05) is 6.54 Å². The van der Waals surface area contributed by atoms with Crippen molar-refractivity contribution in [3.8, 4) is 24.5 Å². The molecule has 3 aromatic heterocycles. The van der Waals surface area contributed by atoms with E-state index in [9.17, 15) is 9.90 Å². The molecule has 1 aliphatic heterocycles. The molecular weight excluding hydrogens is 440 g/mol. The van der Waals surface area contributed by atoms with E-state index >= 15 is 0 Å². The third-order valence-electron chi connectivity index (χ3n) is 6.20. The standard InChI is InChI=1S/C25H28N6O2.C2H2/c1-16-12-17(2)31(28-16)25-20(18(3)32)8-10-23(27-25)30-15-26-21-9-7-19(13-22(21)30)14-29-11-5-4-6-24(29)33;1-2/h7-10,12-13,15,18,32H,4-6,11,14H2,1-3H3;1-2H. The summed E-state index contributed by atoms with van der Waals surface area (Å²) in [6, 6.07) is 11.9. The second-order valence-corrected chi connectivity index (χ2v) is 8.81. The lowest BCUT2D eigenvalue weighted by molar-refractivity contribution is -0.133. The number of pyridine rings is 1. The number of fused-ring (bicyclic) bond motifs is 1. The van der Waals surface area contributed by atoms with Crippen LogP contribution in [0.15, 0.2) is 42.7 Å². The van der Waals surface area contributed by atoms with Gasteiger partial charge >= 0.3 is 0 Å². The van der Waals surface area contributed by atoms with Gasteiger partial charge in [-0.2, -0.15) is 5.10 Å². The summed E-state index contributed by atoms with van der Waals surface area (Å²) in [7, 11) is 0. The van der Waals surface area contributed by atoms with Gasteiger partial charge in [0.15, 0.2) is 5.82 Å². The zero-order valence-electron chi connectivity index (χ0n) is 20.3. The van der Waals surface area contributed by atoms with Crippen molar-refractivity contribution >= 4 is 16.9 Å². The van der Waals surface area contributed by atoms with Crippen LogP contribution >= 0.6 is 0 Å². The summed E-state index contributed by atoms with van der Waals surface area (Å²) in [5.74, 6) is 1.51. The number of carbonyl (C=O) groups excluding carboxylic acids is 1. The average Bonchev–Trinajstić information content (AvgIpc) is 3.43. The second kappa shape index (κ2) is 10.1. The van der Waals surface area contributed by atoms with E-state index in [1.54, 1.807) is 17.9 Å². The zero-order chi connectivity index (χ0) is 25.1. The third kappa shape index (κ3) is 4.81. The number of piperidine rings is 1. The molecule has 0 saturated carbocycles. The molecule has 1 saturated heterocycles. The first-order valence-electron chi connectivity index (χ1n) is 11.7. The highest BCUT2D eigenvalue weighted by molar-refractivity contribution is 5.79. The Balaban J connectivity index is 0.00000141. The molecule has 8 heteroatoms. The Labute approximate surface area is 205 Å². The number of imidazole rings is 1. The number of carbonyl (C=O) groups is 1. The summed E-state index contributed by atoms with van der Waals surface area (Å²) in [5.41, 5.74) is 5.40. The number of benzene rings is 1. The van der Waals surface area contributed by atoms with Crippen molar-refractivity contribution in [2.45, 2.75) is 52.7 Å². The SMILES string of the molecule is C#C.Cc1cc(C)n(-c2nc(-n3cnc4ccc(CN5CCCCC5=O)cc43)ccc2C(C)O)n1. The van der Waals surface area contributed by atoms with Gasteiger partial charge in [0.1, 0.15) is 12.1 Å². The van der Waals surface area contributed by atoms with Gasteiger partial charge in [0.2, 0.25) is 5.91 Å². The monoisotopic (exact) mass is 470 g/mol. The quantitative estimate of drug-likeness (QED) is 0.445. The number of aliphatic hydroxyl groups excluding tert-OH is 1. The average molecular weight is 471 g/mol. The van der Waals surface area contributed by atoms with Crippen LogP contribution in [0.4, 0.5) is 0 Å². The maximum atomic E-state index is 12.3. The minimum Gasteiger partial charge on any atom is -0.389 e. The van der Waals surface area contributed by atoms with Gasteiger partial charge in [-0.25, -0.2) is 14.6 Å². The lowest BCUT2D eigenvalue weighted by Gasteiger charge is -2.26. The van der Waals surface area contributed by atoms with E-state index in [1.165, 1.54) is 0 Å². The van der Waals surface area contributed by atoms with Gasteiger partial charge < -0.3 is 10.0 Å². The molecule has 1 fully saturated rings. The number of hydrogen-bond acceptors (Lipinski definition) is 5. The van der Waals surface area contributed by atoms with Crippen LogP contribution in [-0.4, -0.2) is 46.8 Å². The number of nitrogens with zero attached hydrogens (tertiary/aromatic N) is 6. The molecule has 4 heterocycles. The van der Waals surface area contributed by atoms with Gasteiger partial charge in [0.05, 0.1) is 22.8 Å². The molecule has 8 nitrogen and oxygen atoms in total. The fraction of sp³-hybridized carbons (Fsp3) is 0.333. The van der Waals surface area contributed by atoms with Crippen LogP contribution in [0.25, 0.3) is 22.7 Å². The van der Waals surface area contributed by atoms with E-state index in [2.05, 4.69) is 29.0 Å². The molecule has 1 aromatic carbocycles. The van der Waals surface area contributed by atoms with Gasteiger partial charge in [0, 0.05) is 30.8 Å². The summed E-state index contributed by atoms with van der Waals surface area (Å²) in [6.07, 6.45) is 11.7. The molecule has 1 amide bonds. The summed E-state index contributed by atoms with van der Waals surface area (Å²) in [6.45, 7) is 7.05. The number of hydrogen-bond donors (Lipinski definition) is 1. The van der Waals surface area contributed by atoms with Crippen molar-refractivity contribution in [2.24, 2.45) is 0 Å². The predicted molar refractivity (Wildman–Crippen MR) is 135 cm³/mol. The van der Waals surface area contributed by atoms with Crippen molar-refractivity contribution in [1.29, 1.82) is 0 Å². The number of aryl methyl sites for hydroxylation is 2. The van der Waals surface area contributed by atoms with E-state index in [4.69, 9.17) is 4.98 Å². The summed E-state index contributed by atoms with van der Waals surface area (Å²) in [4.78, 5) is 23.6. The molecule has 5 rings (SSSR count). The van der Waals surface area contributed by atoms with Gasteiger partial charge in [-0.15, -0.1) is 12.8 Å². The van der Waals surface area contributed by atoms with E-state index in [0.717, 1.165) is 47.4 Å². The predicted octanol–water partition coefficient (Wildman–Crippen LogP) is 4.04. The van der Waals surface area contributed by atoms with Crippen molar-refractivity contribution < 1.29 is 9.90 Å². The van der Waals surface area contributed by atoms with Crippen molar-refractivity contribution in [1.82, 2.24) is 29.2 Å². The molecule has 4 aromatic rings. The Kier molecular flexibility index (Phi) is 6.99. The maximum absolute atomic E-state index is 12.3. The Hall–Kier alpha value is -3.96. The molecule has 35 heavy (non-hydrogen) atoms. The van der Waals surface area contributed by atoms with Gasteiger partial charge in [-0.3, -0.25) is 9.36 Å². The second-order valence-electron chi connectivity index (χ2n) is 8.81. The minimum atomic E-state index is -0.682. The van der Waals surface area contributed by atoms with E-state index in [-0.39, 0.29) is 5.91 Å². The molecule has 1 N–H and O–H groups in total. The number of amides is 1. The third-order valence-corrected chi connectivity index (χ3v) is 6.20. The summed E-state index contributed by atoms with van der Waals surface area (Å²) < 4.78 is 3.71. The number of aliphatic hydroxyl groups is 1. The number of terminal acetylenes is 1. The first kappa shape index (κ1) is 24.2. The normalized spacial score (nSPS) is 14.6. The number of aromatic nitrogens is 5. The van der Waals surface area contributed by atoms with Crippen LogP contribution in [0.1, 0.15) is 54.8 Å². The maximum Gasteiger partial charge on any atom is 0.222 e. The van der Waals surface area contributed by atoms with Gasteiger partial charge in [-0.1, -0.05) is 6.07 Å². The summed E-state index contributed by atoms with van der Waals surface area (Å²) in [5, 5.41) is 14.9. The van der Waals surface area contributed by atoms with Crippen LogP contribution in [-0.2, 0) is 11.3 Å². The Bertz CT molecular complexity index is 1380. The highest BCUT2D eigenvalue weighted by Gasteiger charge is 2.19. The minimum absolute atomic E-state index is 0.222. The zero-order valence-corrected chi connectivity index (χ0v) is 20.3. The van der Waals surface area contributed by atoms with E-state index in [1.807, 2.05) is 53.6 Å². The smallest absolute Gasteiger partial charge is 0.222 e. The van der Waals surface area contributed by atoms with E-state index in [0.29, 0.717) is 30.2 Å². The van der Waals surface area contributed by atoms with Crippen LogP contribution < -0.4 is 0 Å². The first-order chi connectivity index (χ1) is 16.9. The molecule has 0 bridgehead atoms. The molecule has 0 radical (unpaired) electrons. The van der Waals surface area contributed by atoms with Crippen LogP contribution in [0.5, 0.6) is 0 Å². The fourth-order valence-electron chi connectivity index (χ4n) is 4.51. The Morgan fingerprint density at radius 3 is 2.60 bits per heavy atom. The van der Waals surface area contributed by atoms with Crippen LogP contribution in [0.3, 0.4) is 0 Å². The molecule has 1 atom stereocenters. The summed E-state index contributed by atoms with van der Waals surface area (Å²) >= 11 is 0. The lowest BCUT2D eigenvalue weighted by atomic mass is 10.1. The topological polar surface area (TPSA) is 89.1 Å². The van der Waals surface area contributed by atoms with Gasteiger partial charge in [-0.05, 0) is 69.5 Å². The van der Waals surface area contributed by atoms with E-state index < -0.39 is 6.10 Å². The fourth-order valence-corrected chi connectivity index (χ4v) is 4.51. The largest absolute Gasteiger partial charge is 0.389 e. The van der Waals surface area contributed by atoms with Crippen LogP contribution in [0, 0.1) is 26.7 Å². The van der Waals surface area contributed by atoms with Crippen molar-refractivity contribution in [3.05, 3.63) is 65.2 Å².